The van der Waals surface area contributed by atoms with Gasteiger partial charge in [0.1, 0.15) is 6.61 Å². The van der Waals surface area contributed by atoms with Crippen molar-refractivity contribution in [3.63, 3.8) is 0 Å². The summed E-state index contributed by atoms with van der Waals surface area (Å²) >= 11 is 0. The molecule has 0 saturated heterocycles. The van der Waals surface area contributed by atoms with Crippen molar-refractivity contribution in [3.05, 3.63) is 0 Å². The molecule has 0 aliphatic heterocycles. The first-order valence-corrected chi connectivity index (χ1v) is 6.95. The smallest absolute Gasteiger partial charge is 0.261 e. The van der Waals surface area contributed by atoms with E-state index >= 15 is 0 Å². The number of fused-ring (bicyclic) bond motifs is 2. The Hall–Kier alpha value is -0.220. The lowest BCUT2D eigenvalue weighted by atomic mass is 9.68. The van der Waals surface area contributed by atoms with Gasteiger partial charge in [-0.2, -0.15) is 0 Å². The largest absolute Gasteiger partial charge is 0.374 e. The quantitative estimate of drug-likeness (QED) is 0.742. The fourth-order valence-corrected chi connectivity index (χ4v) is 4.26. The number of ether oxygens (including phenoxy) is 1. The predicted octanol–water partition coefficient (Wildman–Crippen LogP) is 3.07. The molecule has 2 aliphatic carbocycles. The Morgan fingerprint density at radius 3 is 2.61 bits per heavy atom. The first-order valence-electron chi connectivity index (χ1n) is 6.95. The van der Waals surface area contributed by atoms with Gasteiger partial charge < -0.3 is 10.1 Å². The molecule has 0 spiro atoms. The van der Waals surface area contributed by atoms with Gasteiger partial charge in [-0.3, -0.25) is 0 Å². The van der Waals surface area contributed by atoms with Gasteiger partial charge in [0.15, 0.2) is 0 Å². The van der Waals surface area contributed by atoms with Crippen LogP contribution < -0.4 is 5.32 Å². The third-order valence-electron chi connectivity index (χ3n) is 5.11. The van der Waals surface area contributed by atoms with Crippen LogP contribution in [-0.4, -0.2) is 32.2 Å². The molecule has 2 nitrogen and oxygen atoms in total. The second-order valence-electron chi connectivity index (χ2n) is 6.77. The van der Waals surface area contributed by atoms with Crippen molar-refractivity contribution in [1.82, 2.24) is 5.32 Å². The zero-order valence-electron chi connectivity index (χ0n) is 11.6. The standard InChI is InChI=1S/C14H25F2NO/c1-13(2)10-4-5-14(3,8-10)12(13)17-6-7-18-9-11(15)16/h10-12,17H,4-9H2,1-3H3/t10-,12?,14+/m0/s1. The van der Waals surface area contributed by atoms with Crippen molar-refractivity contribution in [2.75, 3.05) is 19.8 Å². The average molecular weight is 261 g/mol. The van der Waals surface area contributed by atoms with Crippen molar-refractivity contribution in [2.24, 2.45) is 16.7 Å². The molecule has 2 rings (SSSR count). The van der Waals surface area contributed by atoms with E-state index in [1.165, 1.54) is 19.3 Å². The summed E-state index contributed by atoms with van der Waals surface area (Å²) in [5.41, 5.74) is 0.701. The summed E-state index contributed by atoms with van der Waals surface area (Å²) in [6, 6.07) is 0.485. The first-order chi connectivity index (χ1) is 8.36. The molecule has 1 unspecified atom stereocenters. The van der Waals surface area contributed by atoms with Crippen LogP contribution in [0.15, 0.2) is 0 Å². The molecular formula is C14H25F2NO. The second-order valence-corrected chi connectivity index (χ2v) is 6.77. The molecule has 0 amide bonds. The van der Waals surface area contributed by atoms with E-state index < -0.39 is 13.0 Å². The average Bonchev–Trinajstić information content (AvgIpc) is 2.72. The molecule has 0 radical (unpaired) electrons. The normalized spacial score (nSPS) is 37.7. The molecule has 4 heteroatoms. The molecule has 2 fully saturated rings. The molecule has 2 saturated carbocycles. The minimum absolute atomic E-state index is 0.315. The van der Waals surface area contributed by atoms with E-state index in [4.69, 9.17) is 4.74 Å². The Balaban J connectivity index is 1.78. The fourth-order valence-electron chi connectivity index (χ4n) is 4.26. The molecular weight excluding hydrogens is 236 g/mol. The zero-order valence-corrected chi connectivity index (χ0v) is 11.6. The molecule has 0 aromatic heterocycles. The number of nitrogens with one attached hydrogen (secondary N) is 1. The Morgan fingerprint density at radius 2 is 2.06 bits per heavy atom. The Bertz CT molecular complexity index is 291. The Kier molecular flexibility index (Phi) is 3.98. The molecule has 3 atom stereocenters. The maximum atomic E-state index is 11.9. The van der Waals surface area contributed by atoms with Crippen LogP contribution in [0.25, 0.3) is 0 Å². The van der Waals surface area contributed by atoms with E-state index in [1.807, 2.05) is 0 Å². The van der Waals surface area contributed by atoms with Gasteiger partial charge in [-0.15, -0.1) is 0 Å². The van der Waals surface area contributed by atoms with Crippen LogP contribution in [0.5, 0.6) is 0 Å². The van der Waals surface area contributed by atoms with Crippen LogP contribution in [0.4, 0.5) is 8.78 Å². The predicted molar refractivity (Wildman–Crippen MR) is 67.8 cm³/mol. The van der Waals surface area contributed by atoms with E-state index in [1.54, 1.807) is 0 Å². The van der Waals surface area contributed by atoms with Crippen molar-refractivity contribution in [2.45, 2.75) is 52.5 Å². The summed E-state index contributed by atoms with van der Waals surface area (Å²) < 4.78 is 28.8. The second kappa shape index (κ2) is 5.04. The van der Waals surface area contributed by atoms with Crippen LogP contribution in [0, 0.1) is 16.7 Å². The maximum absolute atomic E-state index is 11.9. The van der Waals surface area contributed by atoms with E-state index in [0.29, 0.717) is 30.0 Å². The Morgan fingerprint density at radius 1 is 1.33 bits per heavy atom. The van der Waals surface area contributed by atoms with Crippen molar-refractivity contribution in [3.8, 4) is 0 Å². The lowest BCUT2D eigenvalue weighted by molar-refractivity contribution is 0.0142. The van der Waals surface area contributed by atoms with Crippen LogP contribution >= 0.6 is 0 Å². The summed E-state index contributed by atoms with van der Waals surface area (Å²) in [4.78, 5) is 0. The molecule has 1 N–H and O–H groups in total. The minimum atomic E-state index is -2.36. The van der Waals surface area contributed by atoms with Gasteiger partial charge in [0.25, 0.3) is 6.43 Å². The molecule has 2 bridgehead atoms. The molecule has 0 aromatic carbocycles. The lowest BCUT2D eigenvalue weighted by Gasteiger charge is -2.43. The zero-order chi connectivity index (χ0) is 13.4. The highest BCUT2D eigenvalue weighted by molar-refractivity contribution is 5.11. The van der Waals surface area contributed by atoms with Gasteiger partial charge in [0.05, 0.1) is 6.61 Å². The van der Waals surface area contributed by atoms with Gasteiger partial charge in [0.2, 0.25) is 0 Å². The maximum Gasteiger partial charge on any atom is 0.261 e. The topological polar surface area (TPSA) is 21.3 Å². The molecule has 18 heavy (non-hydrogen) atoms. The van der Waals surface area contributed by atoms with Crippen LogP contribution in [0.1, 0.15) is 40.0 Å². The third-order valence-corrected chi connectivity index (χ3v) is 5.11. The van der Waals surface area contributed by atoms with Gasteiger partial charge >= 0.3 is 0 Å². The lowest BCUT2D eigenvalue weighted by Crippen LogP contribution is -2.51. The van der Waals surface area contributed by atoms with Crippen LogP contribution in [-0.2, 0) is 4.74 Å². The third kappa shape index (κ3) is 2.55. The van der Waals surface area contributed by atoms with E-state index in [9.17, 15) is 8.78 Å². The molecule has 0 heterocycles. The Labute approximate surface area is 108 Å². The van der Waals surface area contributed by atoms with Gasteiger partial charge in [-0.1, -0.05) is 20.8 Å². The molecule has 2 aliphatic rings. The molecule has 106 valence electrons. The SMILES string of the molecule is CC1(C)C(NCCOCC(F)F)[C@]2(C)CC[C@H]1C2. The summed E-state index contributed by atoms with van der Waals surface area (Å²) in [6.07, 6.45) is 1.57. The highest BCUT2D eigenvalue weighted by atomic mass is 19.3. The van der Waals surface area contributed by atoms with Crippen LogP contribution in [0.2, 0.25) is 0 Å². The summed E-state index contributed by atoms with van der Waals surface area (Å²) in [5, 5.41) is 3.55. The van der Waals surface area contributed by atoms with E-state index in [2.05, 4.69) is 26.1 Å². The monoisotopic (exact) mass is 261 g/mol. The number of halogens is 2. The van der Waals surface area contributed by atoms with Crippen LogP contribution in [0.3, 0.4) is 0 Å². The van der Waals surface area contributed by atoms with Crippen molar-refractivity contribution in [1.29, 1.82) is 0 Å². The van der Waals surface area contributed by atoms with Crippen molar-refractivity contribution >= 4 is 0 Å². The van der Waals surface area contributed by atoms with Crippen molar-refractivity contribution < 1.29 is 13.5 Å². The summed E-state index contributed by atoms with van der Waals surface area (Å²) in [5.74, 6) is 0.807. The highest BCUT2D eigenvalue weighted by Crippen LogP contribution is 2.62. The van der Waals surface area contributed by atoms with E-state index in [0.717, 1.165) is 5.92 Å². The fraction of sp³-hybridized carbons (Fsp3) is 1.00. The summed E-state index contributed by atoms with van der Waals surface area (Å²) in [6.45, 7) is 7.62. The summed E-state index contributed by atoms with van der Waals surface area (Å²) in [7, 11) is 0. The van der Waals surface area contributed by atoms with E-state index in [-0.39, 0.29) is 0 Å². The number of hydrogen-bond acceptors (Lipinski definition) is 2. The number of hydrogen-bond donors (Lipinski definition) is 1. The van der Waals surface area contributed by atoms with Gasteiger partial charge in [-0.05, 0) is 36.0 Å². The van der Waals surface area contributed by atoms with Gasteiger partial charge in [0, 0.05) is 12.6 Å². The van der Waals surface area contributed by atoms with Gasteiger partial charge in [-0.25, -0.2) is 8.78 Å². The number of rotatable bonds is 6. The molecule has 0 aromatic rings. The highest BCUT2D eigenvalue weighted by Gasteiger charge is 2.58. The number of alkyl halides is 2. The minimum Gasteiger partial charge on any atom is -0.374 e. The first kappa shape index (κ1) is 14.2.